The Hall–Kier alpha value is -1.87. The fourth-order valence-corrected chi connectivity index (χ4v) is 1.54. The summed E-state index contributed by atoms with van der Waals surface area (Å²) >= 11 is 0. The molecule has 1 N–H and O–H groups in total. The van der Waals surface area contributed by atoms with Crippen LogP contribution in [0, 0.1) is 6.92 Å². The Kier molecular flexibility index (Phi) is 4.11. The molecule has 0 aliphatic heterocycles. The van der Waals surface area contributed by atoms with Gasteiger partial charge in [-0.15, -0.1) is 0 Å². The number of aromatic nitrogens is 1. The molecule has 0 saturated carbocycles. The summed E-state index contributed by atoms with van der Waals surface area (Å²) in [6, 6.07) is 12.2. The first-order valence-electron chi connectivity index (χ1n) is 5.69. The maximum absolute atomic E-state index is 5.09. The van der Waals surface area contributed by atoms with E-state index >= 15 is 0 Å². The molecule has 0 saturated heterocycles. The molecule has 1 aromatic heterocycles. The molecule has 88 valence electrons. The number of nitrogens with zero attached hydrogens (tertiary/aromatic N) is 1. The summed E-state index contributed by atoms with van der Waals surface area (Å²) in [4.78, 5) is 0. The first-order valence-corrected chi connectivity index (χ1v) is 5.69. The minimum absolute atomic E-state index is 0.708. The molecule has 0 bridgehead atoms. The van der Waals surface area contributed by atoms with Crippen molar-refractivity contribution in [3.63, 3.8) is 0 Å². The van der Waals surface area contributed by atoms with Gasteiger partial charge in [0.2, 0.25) is 0 Å². The van der Waals surface area contributed by atoms with Crippen molar-refractivity contribution in [1.29, 1.82) is 0 Å². The van der Waals surface area contributed by atoms with Gasteiger partial charge in [-0.25, -0.2) is 0 Å². The largest absolute Gasteiger partial charge is 0.360 e. The van der Waals surface area contributed by atoms with E-state index in [4.69, 9.17) is 4.52 Å². The van der Waals surface area contributed by atoms with Crippen LogP contribution in [0.3, 0.4) is 0 Å². The highest BCUT2D eigenvalue weighted by Crippen LogP contribution is 2.02. The number of nitrogens with one attached hydrogen (secondary N) is 1. The van der Waals surface area contributed by atoms with Gasteiger partial charge in [-0.2, -0.15) is 0 Å². The first kappa shape index (κ1) is 11.6. The van der Waals surface area contributed by atoms with E-state index in [1.165, 1.54) is 5.56 Å². The highest BCUT2D eigenvalue weighted by atomic mass is 16.5. The lowest BCUT2D eigenvalue weighted by Crippen LogP contribution is -2.12. The quantitative estimate of drug-likeness (QED) is 0.800. The molecule has 0 atom stereocenters. The third kappa shape index (κ3) is 3.89. The highest BCUT2D eigenvalue weighted by Gasteiger charge is 1.97. The van der Waals surface area contributed by atoms with Crippen molar-refractivity contribution in [3.8, 4) is 0 Å². The van der Waals surface area contributed by atoms with Crippen molar-refractivity contribution in [2.45, 2.75) is 13.5 Å². The summed E-state index contributed by atoms with van der Waals surface area (Å²) in [6.07, 6.45) is 4.19. The molecule has 0 amide bonds. The van der Waals surface area contributed by atoms with Crippen molar-refractivity contribution < 1.29 is 4.52 Å². The Morgan fingerprint density at radius 2 is 2.12 bits per heavy atom. The molecule has 17 heavy (non-hydrogen) atoms. The Morgan fingerprint density at radius 3 is 2.82 bits per heavy atom. The summed E-state index contributed by atoms with van der Waals surface area (Å²) in [6.45, 7) is 3.44. The highest BCUT2D eigenvalue weighted by molar-refractivity contribution is 5.48. The van der Waals surface area contributed by atoms with Gasteiger partial charge in [0.25, 0.3) is 0 Å². The molecule has 0 aliphatic rings. The Balaban J connectivity index is 1.71. The van der Waals surface area contributed by atoms with Crippen LogP contribution < -0.4 is 5.32 Å². The SMILES string of the molecule is Cc1cc(CNCC=Cc2ccccc2)on1. The number of hydrogen-bond acceptors (Lipinski definition) is 3. The fraction of sp³-hybridized carbons (Fsp3) is 0.214. The second kappa shape index (κ2) is 6.01. The molecular formula is C14H16N2O. The molecule has 1 heterocycles. The number of rotatable bonds is 5. The molecule has 1 aromatic carbocycles. The third-order valence-corrected chi connectivity index (χ3v) is 2.35. The minimum Gasteiger partial charge on any atom is -0.360 e. The van der Waals surface area contributed by atoms with Crippen LogP contribution in [0.2, 0.25) is 0 Å². The summed E-state index contributed by atoms with van der Waals surface area (Å²) in [7, 11) is 0. The lowest BCUT2D eigenvalue weighted by atomic mass is 10.2. The second-order valence-electron chi connectivity index (χ2n) is 3.88. The summed E-state index contributed by atoms with van der Waals surface area (Å²) in [5.74, 6) is 0.871. The second-order valence-corrected chi connectivity index (χ2v) is 3.88. The predicted molar refractivity (Wildman–Crippen MR) is 68.4 cm³/mol. The average Bonchev–Trinajstić information content (AvgIpc) is 2.76. The third-order valence-electron chi connectivity index (χ3n) is 2.35. The van der Waals surface area contributed by atoms with E-state index in [-0.39, 0.29) is 0 Å². The maximum Gasteiger partial charge on any atom is 0.150 e. The fourth-order valence-electron chi connectivity index (χ4n) is 1.54. The van der Waals surface area contributed by atoms with Crippen molar-refractivity contribution in [1.82, 2.24) is 10.5 Å². The van der Waals surface area contributed by atoms with Crippen LogP contribution in [0.25, 0.3) is 6.08 Å². The maximum atomic E-state index is 5.09. The van der Waals surface area contributed by atoms with Crippen LogP contribution in [0.1, 0.15) is 17.0 Å². The smallest absolute Gasteiger partial charge is 0.150 e. The molecule has 0 spiro atoms. The Labute approximate surface area is 101 Å². The van der Waals surface area contributed by atoms with E-state index in [0.29, 0.717) is 6.54 Å². The van der Waals surface area contributed by atoms with Gasteiger partial charge in [0.1, 0.15) is 0 Å². The van der Waals surface area contributed by atoms with Crippen molar-refractivity contribution in [3.05, 3.63) is 59.5 Å². The van der Waals surface area contributed by atoms with Gasteiger partial charge in [0, 0.05) is 12.6 Å². The van der Waals surface area contributed by atoms with Crippen LogP contribution in [0.5, 0.6) is 0 Å². The molecule has 2 aromatic rings. The molecule has 0 radical (unpaired) electrons. The normalized spacial score (nSPS) is 11.1. The standard InChI is InChI=1S/C14H16N2O/c1-12-10-14(17-16-12)11-15-9-5-8-13-6-3-2-4-7-13/h2-8,10,15H,9,11H2,1H3. The number of aryl methyl sites for hydroxylation is 1. The lowest BCUT2D eigenvalue weighted by Gasteiger charge is -1.96. The van der Waals surface area contributed by atoms with E-state index in [1.807, 2.05) is 31.2 Å². The van der Waals surface area contributed by atoms with Crippen LogP contribution in [0.15, 0.2) is 47.0 Å². The van der Waals surface area contributed by atoms with E-state index in [9.17, 15) is 0 Å². The zero-order chi connectivity index (χ0) is 11.9. The molecular weight excluding hydrogens is 212 g/mol. The van der Waals surface area contributed by atoms with E-state index in [2.05, 4.69) is 34.8 Å². The predicted octanol–water partition coefficient (Wildman–Crippen LogP) is 2.79. The Morgan fingerprint density at radius 1 is 1.29 bits per heavy atom. The van der Waals surface area contributed by atoms with Gasteiger partial charge < -0.3 is 9.84 Å². The van der Waals surface area contributed by atoms with Crippen LogP contribution in [-0.4, -0.2) is 11.7 Å². The van der Waals surface area contributed by atoms with Crippen molar-refractivity contribution in [2.24, 2.45) is 0 Å². The summed E-state index contributed by atoms with van der Waals surface area (Å²) in [5.41, 5.74) is 2.13. The van der Waals surface area contributed by atoms with E-state index < -0.39 is 0 Å². The molecule has 0 aliphatic carbocycles. The van der Waals surface area contributed by atoms with Crippen LogP contribution in [-0.2, 0) is 6.54 Å². The van der Waals surface area contributed by atoms with Gasteiger partial charge in [0.05, 0.1) is 12.2 Å². The Bertz CT molecular complexity index is 474. The van der Waals surface area contributed by atoms with Crippen LogP contribution in [0.4, 0.5) is 0 Å². The monoisotopic (exact) mass is 228 g/mol. The molecule has 0 unspecified atom stereocenters. The van der Waals surface area contributed by atoms with Crippen molar-refractivity contribution >= 4 is 6.08 Å². The topological polar surface area (TPSA) is 38.1 Å². The lowest BCUT2D eigenvalue weighted by molar-refractivity contribution is 0.372. The van der Waals surface area contributed by atoms with Gasteiger partial charge in [-0.3, -0.25) is 0 Å². The zero-order valence-corrected chi connectivity index (χ0v) is 9.89. The van der Waals surface area contributed by atoms with Gasteiger partial charge >= 0.3 is 0 Å². The average molecular weight is 228 g/mol. The molecule has 0 fully saturated rings. The van der Waals surface area contributed by atoms with Gasteiger partial charge in [-0.1, -0.05) is 47.6 Å². The zero-order valence-electron chi connectivity index (χ0n) is 9.89. The van der Waals surface area contributed by atoms with Gasteiger partial charge in [0.15, 0.2) is 5.76 Å². The number of benzene rings is 1. The van der Waals surface area contributed by atoms with Crippen molar-refractivity contribution in [2.75, 3.05) is 6.54 Å². The minimum atomic E-state index is 0.708. The van der Waals surface area contributed by atoms with E-state index in [1.54, 1.807) is 0 Å². The molecule has 3 nitrogen and oxygen atoms in total. The summed E-state index contributed by atoms with van der Waals surface area (Å²) < 4.78 is 5.09. The molecule has 3 heteroatoms. The van der Waals surface area contributed by atoms with E-state index in [0.717, 1.165) is 18.0 Å². The first-order chi connectivity index (χ1) is 8.34. The molecule has 2 rings (SSSR count). The summed E-state index contributed by atoms with van der Waals surface area (Å²) in [5, 5.41) is 7.09. The number of hydrogen-bond donors (Lipinski definition) is 1. The van der Waals surface area contributed by atoms with Crippen LogP contribution >= 0.6 is 0 Å². The van der Waals surface area contributed by atoms with Gasteiger partial charge in [-0.05, 0) is 12.5 Å².